The van der Waals surface area contributed by atoms with Gasteiger partial charge in [-0.2, -0.15) is 0 Å². The van der Waals surface area contributed by atoms with Crippen molar-refractivity contribution in [2.24, 2.45) is 0 Å². The van der Waals surface area contributed by atoms with E-state index in [1.54, 1.807) is 61.6 Å². The molecule has 0 heterocycles. The zero-order valence-electron chi connectivity index (χ0n) is 14.3. The molecule has 0 saturated carbocycles. The van der Waals surface area contributed by atoms with Crippen LogP contribution >= 0.6 is 0 Å². The van der Waals surface area contributed by atoms with E-state index in [1.807, 2.05) is 0 Å². The van der Waals surface area contributed by atoms with E-state index in [0.717, 1.165) is 5.56 Å². The van der Waals surface area contributed by atoms with Gasteiger partial charge >= 0.3 is 0 Å². The first-order valence-electron chi connectivity index (χ1n) is 7.53. The van der Waals surface area contributed by atoms with Gasteiger partial charge in [-0.05, 0) is 29.8 Å². The van der Waals surface area contributed by atoms with Gasteiger partial charge in [0.1, 0.15) is 10.6 Å². The average Bonchev–Trinajstić information content (AvgIpc) is 2.60. The Balaban J connectivity index is 2.07. The standard InChI is InChI=1S/C17H21N3O4S/c1-20(2)19-17(21)14-10-8-13(9-11-14)12-18-25(22,23)16-7-5-4-6-15(16)24-3/h4-11,18H,12H2,1-3H3,(H,19,21). The molecule has 1 amide bonds. The fraction of sp³-hybridized carbons (Fsp3) is 0.235. The summed E-state index contributed by atoms with van der Waals surface area (Å²) in [6, 6.07) is 13.1. The Hall–Kier alpha value is -2.42. The highest BCUT2D eigenvalue weighted by Crippen LogP contribution is 2.22. The summed E-state index contributed by atoms with van der Waals surface area (Å²) in [5.74, 6) is 0.0526. The molecule has 0 unspecified atom stereocenters. The number of carbonyl (C=O) groups excluding carboxylic acids is 1. The minimum atomic E-state index is -3.70. The molecule has 0 aliphatic heterocycles. The van der Waals surface area contributed by atoms with Crippen LogP contribution in [0.1, 0.15) is 15.9 Å². The molecule has 0 bridgehead atoms. The van der Waals surface area contributed by atoms with Gasteiger partial charge in [0.15, 0.2) is 0 Å². The third-order valence-corrected chi connectivity index (χ3v) is 4.81. The third-order valence-electron chi connectivity index (χ3n) is 3.37. The van der Waals surface area contributed by atoms with E-state index >= 15 is 0 Å². The molecule has 0 aromatic heterocycles. The zero-order valence-corrected chi connectivity index (χ0v) is 15.1. The van der Waals surface area contributed by atoms with Gasteiger partial charge in [-0.1, -0.05) is 24.3 Å². The molecular weight excluding hydrogens is 342 g/mol. The number of methoxy groups -OCH3 is 1. The summed E-state index contributed by atoms with van der Waals surface area (Å²) in [4.78, 5) is 11.9. The van der Waals surface area contributed by atoms with E-state index in [4.69, 9.17) is 4.74 Å². The molecule has 2 aromatic carbocycles. The van der Waals surface area contributed by atoms with E-state index in [2.05, 4.69) is 10.1 Å². The predicted molar refractivity (Wildman–Crippen MR) is 94.6 cm³/mol. The molecule has 7 nitrogen and oxygen atoms in total. The van der Waals surface area contributed by atoms with Crippen molar-refractivity contribution in [3.05, 3.63) is 59.7 Å². The molecule has 0 spiro atoms. The number of nitrogens with one attached hydrogen (secondary N) is 2. The highest BCUT2D eigenvalue weighted by Gasteiger charge is 2.18. The largest absolute Gasteiger partial charge is 0.495 e. The number of amides is 1. The lowest BCUT2D eigenvalue weighted by atomic mass is 10.1. The van der Waals surface area contributed by atoms with Crippen molar-refractivity contribution < 1.29 is 17.9 Å². The van der Waals surface area contributed by atoms with Gasteiger partial charge in [-0.25, -0.2) is 18.1 Å². The number of nitrogens with zero attached hydrogens (tertiary/aromatic N) is 1. The molecular formula is C17H21N3O4S. The molecule has 0 atom stereocenters. The van der Waals surface area contributed by atoms with E-state index < -0.39 is 10.0 Å². The van der Waals surface area contributed by atoms with Crippen molar-refractivity contribution in [1.82, 2.24) is 15.2 Å². The topological polar surface area (TPSA) is 87.7 Å². The van der Waals surface area contributed by atoms with Crippen LogP contribution in [0.25, 0.3) is 0 Å². The Kier molecular flexibility index (Phi) is 6.13. The van der Waals surface area contributed by atoms with Crippen LogP contribution in [-0.2, 0) is 16.6 Å². The molecule has 0 fully saturated rings. The first-order valence-corrected chi connectivity index (χ1v) is 9.02. The first-order chi connectivity index (χ1) is 11.8. The number of carbonyl (C=O) groups is 1. The fourth-order valence-electron chi connectivity index (χ4n) is 2.14. The highest BCUT2D eigenvalue weighted by molar-refractivity contribution is 7.89. The van der Waals surface area contributed by atoms with Crippen molar-refractivity contribution >= 4 is 15.9 Å². The summed E-state index contributed by atoms with van der Waals surface area (Å²) in [6.07, 6.45) is 0. The Morgan fingerprint density at radius 2 is 1.72 bits per heavy atom. The maximum atomic E-state index is 12.4. The molecule has 0 saturated heterocycles. The monoisotopic (exact) mass is 363 g/mol. The lowest BCUT2D eigenvalue weighted by Gasteiger charge is -2.12. The maximum Gasteiger partial charge on any atom is 0.265 e. The second-order valence-electron chi connectivity index (χ2n) is 5.51. The van der Waals surface area contributed by atoms with Crippen molar-refractivity contribution in [2.75, 3.05) is 21.2 Å². The minimum Gasteiger partial charge on any atom is -0.495 e. The molecule has 2 N–H and O–H groups in total. The lowest BCUT2D eigenvalue weighted by molar-refractivity contribution is 0.0857. The van der Waals surface area contributed by atoms with Gasteiger partial charge in [0.25, 0.3) is 5.91 Å². The van der Waals surface area contributed by atoms with Gasteiger partial charge in [0, 0.05) is 26.2 Å². The smallest absolute Gasteiger partial charge is 0.265 e. The van der Waals surface area contributed by atoms with E-state index in [1.165, 1.54) is 13.2 Å². The normalized spacial score (nSPS) is 11.4. The summed E-state index contributed by atoms with van der Waals surface area (Å²) in [7, 11) is 1.16. The predicted octanol–water partition coefficient (Wildman–Crippen LogP) is 1.38. The SMILES string of the molecule is COc1ccccc1S(=O)(=O)NCc1ccc(C(=O)NN(C)C)cc1. The number of para-hydroxylation sites is 1. The molecule has 2 aromatic rings. The van der Waals surface area contributed by atoms with Crippen LogP contribution in [0.2, 0.25) is 0 Å². The van der Waals surface area contributed by atoms with E-state index in [-0.39, 0.29) is 23.1 Å². The second kappa shape index (κ2) is 8.11. The number of hydrogen-bond acceptors (Lipinski definition) is 5. The van der Waals surface area contributed by atoms with Crippen LogP contribution in [0.4, 0.5) is 0 Å². The molecule has 25 heavy (non-hydrogen) atoms. The Morgan fingerprint density at radius 1 is 1.08 bits per heavy atom. The lowest BCUT2D eigenvalue weighted by Crippen LogP contribution is -2.36. The number of hydrazine groups is 1. The summed E-state index contributed by atoms with van der Waals surface area (Å²) >= 11 is 0. The maximum absolute atomic E-state index is 12.4. The van der Waals surface area contributed by atoms with Gasteiger partial charge < -0.3 is 4.74 Å². The quantitative estimate of drug-likeness (QED) is 0.726. The van der Waals surface area contributed by atoms with E-state index in [0.29, 0.717) is 5.56 Å². The van der Waals surface area contributed by atoms with Crippen molar-refractivity contribution in [1.29, 1.82) is 0 Å². The van der Waals surface area contributed by atoms with Crippen molar-refractivity contribution in [2.45, 2.75) is 11.4 Å². The van der Waals surface area contributed by atoms with Gasteiger partial charge in [0.2, 0.25) is 10.0 Å². The summed E-state index contributed by atoms with van der Waals surface area (Å²) < 4.78 is 32.5. The number of hydrogen-bond donors (Lipinski definition) is 2. The number of sulfonamides is 1. The molecule has 2 rings (SSSR count). The number of ether oxygens (including phenoxy) is 1. The Bertz CT molecular complexity index is 833. The minimum absolute atomic E-state index is 0.0829. The van der Waals surface area contributed by atoms with Gasteiger partial charge in [0.05, 0.1) is 7.11 Å². The van der Waals surface area contributed by atoms with Crippen LogP contribution in [0.5, 0.6) is 5.75 Å². The summed E-state index contributed by atoms with van der Waals surface area (Å²) in [6.45, 7) is 0.107. The van der Waals surface area contributed by atoms with Crippen LogP contribution in [0, 0.1) is 0 Å². The average molecular weight is 363 g/mol. The number of benzene rings is 2. The van der Waals surface area contributed by atoms with Crippen LogP contribution in [-0.4, -0.2) is 40.5 Å². The van der Waals surface area contributed by atoms with Gasteiger partial charge in [-0.3, -0.25) is 10.2 Å². The van der Waals surface area contributed by atoms with E-state index in [9.17, 15) is 13.2 Å². The summed E-state index contributed by atoms with van der Waals surface area (Å²) in [5, 5.41) is 1.55. The highest BCUT2D eigenvalue weighted by atomic mass is 32.2. The summed E-state index contributed by atoms with van der Waals surface area (Å²) in [5.41, 5.74) is 3.86. The van der Waals surface area contributed by atoms with Crippen molar-refractivity contribution in [3.63, 3.8) is 0 Å². The third kappa shape index (κ3) is 5.02. The van der Waals surface area contributed by atoms with Gasteiger partial charge in [-0.15, -0.1) is 0 Å². The second-order valence-corrected chi connectivity index (χ2v) is 7.24. The van der Waals surface area contributed by atoms with Crippen LogP contribution < -0.4 is 14.9 Å². The Labute approximate surface area is 147 Å². The van der Waals surface area contributed by atoms with Crippen LogP contribution in [0.15, 0.2) is 53.4 Å². The molecule has 134 valence electrons. The molecule has 0 aliphatic carbocycles. The zero-order chi connectivity index (χ0) is 18.4. The molecule has 0 aliphatic rings. The molecule has 0 radical (unpaired) electrons. The first kappa shape index (κ1) is 18.9. The number of rotatable bonds is 7. The Morgan fingerprint density at radius 3 is 2.32 bits per heavy atom. The molecule has 8 heteroatoms. The fourth-order valence-corrected chi connectivity index (χ4v) is 3.32. The van der Waals surface area contributed by atoms with Crippen LogP contribution in [0.3, 0.4) is 0 Å². The van der Waals surface area contributed by atoms with Crippen molar-refractivity contribution in [3.8, 4) is 5.75 Å².